The minimum absolute atomic E-state index is 0.117. The van der Waals surface area contributed by atoms with E-state index in [1.54, 1.807) is 11.8 Å². The first kappa shape index (κ1) is 12.5. The second-order valence-corrected chi connectivity index (χ2v) is 6.51. The van der Waals surface area contributed by atoms with E-state index in [4.69, 9.17) is 5.73 Å². The van der Waals surface area contributed by atoms with Crippen LogP contribution in [0.3, 0.4) is 0 Å². The Balaban J connectivity index is 2.72. The lowest BCUT2D eigenvalue weighted by Gasteiger charge is -2.17. The molecule has 2 nitrogen and oxygen atoms in total. The number of aromatic nitrogens is 1. The summed E-state index contributed by atoms with van der Waals surface area (Å²) < 4.78 is 0.210. The number of hydrogen-bond acceptors (Lipinski definition) is 3. The van der Waals surface area contributed by atoms with Crippen molar-refractivity contribution < 1.29 is 0 Å². The van der Waals surface area contributed by atoms with Crippen LogP contribution >= 0.6 is 11.8 Å². The average Bonchev–Trinajstić information content (AvgIpc) is 2.15. The summed E-state index contributed by atoms with van der Waals surface area (Å²) in [5.74, 6) is 0. The highest BCUT2D eigenvalue weighted by atomic mass is 32.2. The molecular weight excluding hydrogens is 204 g/mol. The number of pyridine rings is 1. The summed E-state index contributed by atoms with van der Waals surface area (Å²) in [6.07, 6.45) is 2.84. The fraction of sp³-hybridized carbons (Fsp3) is 0.583. The topological polar surface area (TPSA) is 38.9 Å². The third kappa shape index (κ3) is 4.22. The molecule has 0 aliphatic heterocycles. The Kier molecular flexibility index (Phi) is 4.17. The minimum atomic E-state index is 0.117. The fourth-order valence-corrected chi connectivity index (χ4v) is 2.09. The highest BCUT2D eigenvalue weighted by Crippen LogP contribution is 2.30. The van der Waals surface area contributed by atoms with Gasteiger partial charge in [-0.25, -0.2) is 4.98 Å². The predicted molar refractivity (Wildman–Crippen MR) is 67.1 cm³/mol. The van der Waals surface area contributed by atoms with Crippen molar-refractivity contribution in [2.45, 2.75) is 49.9 Å². The van der Waals surface area contributed by atoms with E-state index in [9.17, 15) is 0 Å². The highest BCUT2D eigenvalue weighted by molar-refractivity contribution is 8.00. The van der Waals surface area contributed by atoms with E-state index >= 15 is 0 Å². The molecule has 1 aromatic heterocycles. The van der Waals surface area contributed by atoms with Crippen molar-refractivity contribution in [2.75, 3.05) is 0 Å². The van der Waals surface area contributed by atoms with E-state index in [1.807, 2.05) is 6.20 Å². The number of thioether (sulfide) groups is 1. The maximum absolute atomic E-state index is 5.92. The van der Waals surface area contributed by atoms with Gasteiger partial charge in [-0.1, -0.05) is 33.8 Å². The summed E-state index contributed by atoms with van der Waals surface area (Å²) >= 11 is 1.78. The van der Waals surface area contributed by atoms with E-state index in [1.165, 1.54) is 0 Å². The van der Waals surface area contributed by atoms with Crippen LogP contribution in [0.2, 0.25) is 0 Å². The van der Waals surface area contributed by atoms with Gasteiger partial charge in [0.15, 0.2) is 0 Å². The molecule has 0 spiro atoms. The van der Waals surface area contributed by atoms with Crippen LogP contribution in [-0.2, 0) is 0 Å². The third-order valence-electron chi connectivity index (χ3n) is 2.04. The standard InChI is InChI=1S/C12H20N2S/c1-5-10(13)9-6-7-11(14-8-9)15-12(2,3)4/h6-8,10H,5,13H2,1-4H3. The first-order valence-electron chi connectivity index (χ1n) is 5.33. The molecule has 1 heterocycles. The van der Waals surface area contributed by atoms with Crippen molar-refractivity contribution in [1.82, 2.24) is 4.98 Å². The SMILES string of the molecule is CCC(N)c1ccc(SC(C)(C)C)nc1. The van der Waals surface area contributed by atoms with Gasteiger partial charge < -0.3 is 5.73 Å². The molecule has 1 atom stereocenters. The van der Waals surface area contributed by atoms with Crippen LogP contribution in [0.25, 0.3) is 0 Å². The number of hydrogen-bond donors (Lipinski definition) is 1. The lowest BCUT2D eigenvalue weighted by Crippen LogP contribution is -2.10. The van der Waals surface area contributed by atoms with Crippen LogP contribution in [0.15, 0.2) is 23.4 Å². The largest absolute Gasteiger partial charge is 0.324 e. The molecule has 0 saturated heterocycles. The third-order valence-corrected chi connectivity index (χ3v) is 3.10. The van der Waals surface area contributed by atoms with E-state index in [0.717, 1.165) is 17.0 Å². The summed E-state index contributed by atoms with van der Waals surface area (Å²) in [4.78, 5) is 4.42. The van der Waals surface area contributed by atoms with E-state index < -0.39 is 0 Å². The van der Waals surface area contributed by atoms with E-state index in [0.29, 0.717) is 0 Å². The molecule has 2 N–H and O–H groups in total. The average molecular weight is 224 g/mol. The van der Waals surface area contributed by atoms with Crippen LogP contribution in [0.5, 0.6) is 0 Å². The van der Waals surface area contributed by atoms with E-state index in [2.05, 4.69) is 44.8 Å². The Morgan fingerprint density at radius 2 is 2.07 bits per heavy atom. The van der Waals surface area contributed by atoms with Crippen LogP contribution in [0, 0.1) is 0 Å². The quantitative estimate of drug-likeness (QED) is 0.800. The van der Waals surface area contributed by atoms with Gasteiger partial charge in [0, 0.05) is 17.0 Å². The molecule has 3 heteroatoms. The van der Waals surface area contributed by atoms with Crippen molar-refractivity contribution in [2.24, 2.45) is 5.73 Å². The molecule has 0 fully saturated rings. The Hall–Kier alpha value is -0.540. The van der Waals surface area contributed by atoms with Gasteiger partial charge in [-0.2, -0.15) is 0 Å². The van der Waals surface area contributed by atoms with Crippen molar-refractivity contribution in [3.8, 4) is 0 Å². The second-order valence-electron chi connectivity index (χ2n) is 4.66. The Morgan fingerprint density at radius 3 is 2.47 bits per heavy atom. The molecule has 0 aliphatic rings. The minimum Gasteiger partial charge on any atom is -0.324 e. The first-order chi connectivity index (χ1) is 6.92. The summed E-state index contributed by atoms with van der Waals surface area (Å²) in [5.41, 5.74) is 7.05. The van der Waals surface area contributed by atoms with Gasteiger partial charge in [-0.15, -0.1) is 11.8 Å². The normalized spacial score (nSPS) is 13.9. The molecule has 0 aliphatic carbocycles. The highest BCUT2D eigenvalue weighted by Gasteiger charge is 2.13. The lowest BCUT2D eigenvalue weighted by atomic mass is 10.1. The van der Waals surface area contributed by atoms with Crippen LogP contribution in [0.4, 0.5) is 0 Å². The van der Waals surface area contributed by atoms with Crippen LogP contribution in [-0.4, -0.2) is 9.73 Å². The van der Waals surface area contributed by atoms with Gasteiger partial charge >= 0.3 is 0 Å². The van der Waals surface area contributed by atoms with Crippen LogP contribution in [0.1, 0.15) is 45.7 Å². The molecule has 0 saturated carbocycles. The summed E-state index contributed by atoms with van der Waals surface area (Å²) in [7, 11) is 0. The molecule has 0 aromatic carbocycles. The zero-order chi connectivity index (χ0) is 11.5. The Labute approximate surface area is 96.7 Å². The van der Waals surface area contributed by atoms with Gasteiger partial charge in [-0.05, 0) is 18.1 Å². The molecule has 15 heavy (non-hydrogen) atoms. The molecule has 1 aromatic rings. The van der Waals surface area contributed by atoms with Gasteiger partial charge in [0.05, 0.1) is 5.03 Å². The Bertz CT molecular complexity index is 300. The molecule has 1 unspecified atom stereocenters. The number of nitrogens with two attached hydrogens (primary N) is 1. The van der Waals surface area contributed by atoms with Gasteiger partial charge in [0.1, 0.15) is 0 Å². The molecule has 1 rings (SSSR count). The Morgan fingerprint density at radius 1 is 1.40 bits per heavy atom. The monoisotopic (exact) mass is 224 g/mol. The zero-order valence-corrected chi connectivity index (χ0v) is 10.8. The van der Waals surface area contributed by atoms with Crippen molar-refractivity contribution >= 4 is 11.8 Å². The van der Waals surface area contributed by atoms with Crippen molar-refractivity contribution in [1.29, 1.82) is 0 Å². The molecule has 0 bridgehead atoms. The lowest BCUT2D eigenvalue weighted by molar-refractivity contribution is 0.692. The van der Waals surface area contributed by atoms with Gasteiger partial charge in [0.2, 0.25) is 0 Å². The predicted octanol–water partition coefficient (Wildman–Crippen LogP) is 3.38. The summed E-state index contributed by atoms with van der Waals surface area (Å²) in [5, 5.41) is 1.06. The molecule has 0 amide bonds. The molecule has 0 radical (unpaired) electrons. The van der Waals surface area contributed by atoms with Crippen molar-refractivity contribution in [3.05, 3.63) is 23.9 Å². The second kappa shape index (κ2) is 4.99. The molecular formula is C12H20N2S. The van der Waals surface area contributed by atoms with Gasteiger partial charge in [-0.3, -0.25) is 0 Å². The first-order valence-corrected chi connectivity index (χ1v) is 6.14. The molecule has 84 valence electrons. The number of rotatable bonds is 3. The van der Waals surface area contributed by atoms with E-state index in [-0.39, 0.29) is 10.8 Å². The smallest absolute Gasteiger partial charge is 0.0965 e. The van der Waals surface area contributed by atoms with Crippen molar-refractivity contribution in [3.63, 3.8) is 0 Å². The maximum atomic E-state index is 5.92. The number of nitrogens with zero attached hydrogens (tertiary/aromatic N) is 1. The fourth-order valence-electron chi connectivity index (χ4n) is 1.22. The summed E-state index contributed by atoms with van der Waals surface area (Å²) in [6.45, 7) is 8.64. The summed E-state index contributed by atoms with van der Waals surface area (Å²) in [6, 6.07) is 4.25. The zero-order valence-electron chi connectivity index (χ0n) is 9.95. The van der Waals surface area contributed by atoms with Crippen LogP contribution < -0.4 is 5.73 Å². The maximum Gasteiger partial charge on any atom is 0.0965 e. The van der Waals surface area contributed by atoms with Gasteiger partial charge in [0.25, 0.3) is 0 Å².